The first-order valence-corrected chi connectivity index (χ1v) is 19.2. The van der Waals surface area contributed by atoms with Crippen molar-refractivity contribution in [1.29, 1.82) is 0 Å². The minimum Gasteiger partial charge on any atom is -0.382 e. The van der Waals surface area contributed by atoms with Gasteiger partial charge in [0.25, 0.3) is 23.6 Å². The summed E-state index contributed by atoms with van der Waals surface area (Å²) in [4.78, 5) is 54.3. The topological polar surface area (TPSA) is 98.8 Å². The third-order valence-electron chi connectivity index (χ3n) is 10.2. The average Bonchev–Trinajstić information content (AvgIpc) is 3.59. The highest BCUT2D eigenvalue weighted by Gasteiger charge is 2.47. The van der Waals surface area contributed by atoms with Gasteiger partial charge >= 0.3 is 0 Å². The molecule has 2 heterocycles. The van der Waals surface area contributed by atoms with Gasteiger partial charge in [0.2, 0.25) is 0 Å². The fourth-order valence-electron chi connectivity index (χ4n) is 7.39. The highest BCUT2D eigenvalue weighted by Crippen LogP contribution is 2.44. The number of anilines is 4. The van der Waals surface area contributed by atoms with Gasteiger partial charge in [-0.05, 0) is 59.8 Å². The van der Waals surface area contributed by atoms with Crippen molar-refractivity contribution in [3.8, 4) is 0 Å². The van der Waals surface area contributed by atoms with Crippen LogP contribution < -0.4 is 20.4 Å². The SMILES string of the molecule is CCNc1c(F)c(F)c(F)c2c1C(=O)N(c1c(C(C)C)cccc1C(C)C)C2=O.CCNc1c(F)c(F)c2c(c1F)C(=O)N(c1c(C(C)C)cccc1C(C)C)C2=O. The Hall–Kier alpha value is -5.66. The second-order valence-electron chi connectivity index (χ2n) is 15.3. The Labute approximate surface area is 333 Å². The molecule has 0 atom stereocenters. The molecule has 0 spiro atoms. The smallest absolute Gasteiger partial charge is 0.269 e. The molecule has 0 fully saturated rings. The molecule has 0 unspecified atom stereocenters. The molecule has 0 saturated carbocycles. The van der Waals surface area contributed by atoms with Gasteiger partial charge in [0, 0.05) is 13.1 Å². The molecular formula is C44H46F6N4O4. The van der Waals surface area contributed by atoms with Gasteiger partial charge in [-0.3, -0.25) is 19.2 Å². The maximum atomic E-state index is 15.0. The van der Waals surface area contributed by atoms with Crippen LogP contribution in [0.2, 0.25) is 0 Å². The van der Waals surface area contributed by atoms with Crippen molar-refractivity contribution in [2.24, 2.45) is 0 Å². The summed E-state index contributed by atoms with van der Waals surface area (Å²) in [5, 5.41) is 4.95. The predicted octanol–water partition coefficient (Wildman–Crippen LogP) is 11.2. The molecule has 4 aromatic carbocycles. The van der Waals surface area contributed by atoms with E-state index in [9.17, 15) is 45.5 Å². The zero-order chi connectivity index (χ0) is 43.2. The Morgan fingerprint density at radius 3 is 1.09 bits per heavy atom. The van der Waals surface area contributed by atoms with E-state index in [1.165, 1.54) is 0 Å². The number of para-hydroxylation sites is 2. The quantitative estimate of drug-likeness (QED) is 0.0716. The molecule has 308 valence electrons. The summed E-state index contributed by atoms with van der Waals surface area (Å²) >= 11 is 0. The molecule has 2 aliphatic heterocycles. The van der Waals surface area contributed by atoms with Crippen LogP contribution in [0.1, 0.15) is 157 Å². The predicted molar refractivity (Wildman–Crippen MR) is 212 cm³/mol. The second kappa shape index (κ2) is 16.7. The van der Waals surface area contributed by atoms with Gasteiger partial charge in [-0.1, -0.05) is 91.8 Å². The lowest BCUT2D eigenvalue weighted by Crippen LogP contribution is -2.32. The highest BCUT2D eigenvalue weighted by atomic mass is 19.2. The fourth-order valence-corrected chi connectivity index (χ4v) is 7.39. The molecule has 0 aliphatic carbocycles. The molecule has 0 bridgehead atoms. The molecule has 6 rings (SSSR count). The van der Waals surface area contributed by atoms with Gasteiger partial charge in [-0.15, -0.1) is 0 Å². The Morgan fingerprint density at radius 2 is 0.724 bits per heavy atom. The number of carbonyl (C=O) groups excluding carboxylic acids is 4. The van der Waals surface area contributed by atoms with E-state index in [4.69, 9.17) is 0 Å². The van der Waals surface area contributed by atoms with Gasteiger partial charge < -0.3 is 10.6 Å². The maximum Gasteiger partial charge on any atom is 0.269 e. The second-order valence-corrected chi connectivity index (χ2v) is 15.3. The van der Waals surface area contributed by atoms with Crippen LogP contribution in [-0.2, 0) is 0 Å². The van der Waals surface area contributed by atoms with Gasteiger partial charge in [0.15, 0.2) is 34.9 Å². The number of amides is 4. The molecule has 8 nitrogen and oxygen atoms in total. The summed E-state index contributed by atoms with van der Waals surface area (Å²) in [5.74, 6) is -13.3. The summed E-state index contributed by atoms with van der Waals surface area (Å²) in [6.45, 7) is 18.7. The van der Waals surface area contributed by atoms with Crippen molar-refractivity contribution in [1.82, 2.24) is 0 Å². The molecule has 2 N–H and O–H groups in total. The summed E-state index contributed by atoms with van der Waals surface area (Å²) in [7, 11) is 0. The molecule has 14 heteroatoms. The third-order valence-corrected chi connectivity index (χ3v) is 10.2. The van der Waals surface area contributed by atoms with Crippen molar-refractivity contribution < 1.29 is 45.5 Å². The van der Waals surface area contributed by atoms with Crippen molar-refractivity contribution in [2.45, 2.75) is 92.9 Å². The van der Waals surface area contributed by atoms with E-state index in [0.29, 0.717) is 22.5 Å². The number of nitrogens with zero attached hydrogens (tertiary/aromatic N) is 2. The van der Waals surface area contributed by atoms with Crippen LogP contribution in [0.4, 0.5) is 49.1 Å². The van der Waals surface area contributed by atoms with Crippen LogP contribution in [0.15, 0.2) is 36.4 Å². The number of benzene rings is 4. The molecule has 0 saturated heterocycles. The van der Waals surface area contributed by atoms with Crippen molar-refractivity contribution in [3.05, 3.63) is 116 Å². The van der Waals surface area contributed by atoms with Crippen LogP contribution in [-0.4, -0.2) is 36.7 Å². The zero-order valence-electron chi connectivity index (χ0n) is 34.0. The van der Waals surface area contributed by atoms with E-state index in [0.717, 1.165) is 20.9 Å². The van der Waals surface area contributed by atoms with E-state index in [1.807, 2.05) is 67.5 Å². The first-order chi connectivity index (χ1) is 27.3. The van der Waals surface area contributed by atoms with Crippen LogP contribution in [0.25, 0.3) is 0 Å². The molecule has 0 aromatic heterocycles. The normalized spacial score (nSPS) is 13.7. The lowest BCUT2D eigenvalue weighted by molar-refractivity contribution is 0.0908. The Kier molecular flexibility index (Phi) is 12.5. The monoisotopic (exact) mass is 808 g/mol. The summed E-state index contributed by atoms with van der Waals surface area (Å²) in [6.07, 6.45) is 0. The van der Waals surface area contributed by atoms with Crippen LogP contribution in [0, 0.1) is 34.9 Å². The number of halogens is 6. The molecule has 4 amide bonds. The summed E-state index contributed by atoms with van der Waals surface area (Å²) < 4.78 is 87.2. The Morgan fingerprint density at radius 1 is 0.431 bits per heavy atom. The van der Waals surface area contributed by atoms with Gasteiger partial charge in [-0.2, -0.15) is 0 Å². The third kappa shape index (κ3) is 7.00. The number of nitrogens with one attached hydrogen (secondary N) is 2. The number of fused-ring (bicyclic) bond motifs is 2. The van der Waals surface area contributed by atoms with Gasteiger partial charge in [-0.25, -0.2) is 36.1 Å². The zero-order valence-corrected chi connectivity index (χ0v) is 34.0. The average molecular weight is 809 g/mol. The molecule has 0 radical (unpaired) electrons. The minimum absolute atomic E-state index is 0.0421. The number of hydrogen-bond acceptors (Lipinski definition) is 6. The molecule has 2 aliphatic rings. The number of carbonyl (C=O) groups is 4. The van der Waals surface area contributed by atoms with Crippen LogP contribution in [0.3, 0.4) is 0 Å². The fraction of sp³-hybridized carbons (Fsp3) is 0.364. The Balaban J connectivity index is 0.000000221. The van der Waals surface area contributed by atoms with Crippen molar-refractivity contribution in [3.63, 3.8) is 0 Å². The van der Waals surface area contributed by atoms with E-state index < -0.39 is 92.2 Å². The molecular weight excluding hydrogens is 762 g/mol. The highest BCUT2D eigenvalue weighted by molar-refractivity contribution is 6.37. The standard InChI is InChI=1S/2C22H23F3N2O2/c1-6-26-19-15-14(16(23)17(24)18(19)25)21(28)27(22(15)29)20-12(10(2)3)8-7-9-13(20)11(4)5;1-6-26-19-17(24)15-14(16(23)18(19)25)21(28)27(22(15)29)20-12(10(2)3)8-7-9-13(20)11(4)5/h2*7-11,26H,6H2,1-5H3. The van der Waals surface area contributed by atoms with Crippen molar-refractivity contribution in [2.75, 3.05) is 33.5 Å². The Bertz CT molecular complexity index is 2300. The minimum atomic E-state index is -1.77. The summed E-state index contributed by atoms with van der Waals surface area (Å²) in [6, 6.07) is 10.8. The van der Waals surface area contributed by atoms with Crippen LogP contribution >= 0.6 is 0 Å². The maximum absolute atomic E-state index is 15.0. The molecule has 4 aromatic rings. The summed E-state index contributed by atoms with van der Waals surface area (Å²) in [5.41, 5.74) is -0.549. The lowest BCUT2D eigenvalue weighted by atomic mass is 9.92. The lowest BCUT2D eigenvalue weighted by Gasteiger charge is -2.25. The first-order valence-electron chi connectivity index (χ1n) is 19.2. The van der Waals surface area contributed by atoms with E-state index in [-0.39, 0.29) is 36.8 Å². The number of rotatable bonds is 10. The van der Waals surface area contributed by atoms with Crippen LogP contribution in [0.5, 0.6) is 0 Å². The van der Waals surface area contributed by atoms with Crippen molar-refractivity contribution >= 4 is 46.4 Å². The van der Waals surface area contributed by atoms with E-state index >= 15 is 0 Å². The van der Waals surface area contributed by atoms with E-state index in [1.54, 1.807) is 38.1 Å². The first kappa shape index (κ1) is 43.5. The van der Waals surface area contributed by atoms with Gasteiger partial charge in [0.05, 0.1) is 39.3 Å². The number of hydrogen-bond donors (Lipinski definition) is 2. The van der Waals surface area contributed by atoms with Gasteiger partial charge in [0.1, 0.15) is 5.69 Å². The largest absolute Gasteiger partial charge is 0.382 e. The van der Waals surface area contributed by atoms with E-state index in [2.05, 4.69) is 10.6 Å². The number of imide groups is 2. The molecule has 58 heavy (non-hydrogen) atoms.